The number of rotatable bonds is 3. The molecule has 1 heterocycles. The molecule has 32 heavy (non-hydrogen) atoms. The second-order valence-electron chi connectivity index (χ2n) is 7.80. The Labute approximate surface area is 188 Å². The molecular weight excluding hydrogens is 428 g/mol. The van der Waals surface area contributed by atoms with Gasteiger partial charge in [-0.1, -0.05) is 48.0 Å². The van der Waals surface area contributed by atoms with Crippen LogP contribution in [0.1, 0.15) is 38.3 Å². The fraction of sp³-hybridized carbons (Fsp3) is 0.120. The highest BCUT2D eigenvalue weighted by molar-refractivity contribution is 6.31. The summed E-state index contributed by atoms with van der Waals surface area (Å²) in [6.07, 6.45) is 0.0548. The van der Waals surface area contributed by atoms with Crippen LogP contribution < -0.4 is 10.2 Å². The third-order valence-electron chi connectivity index (χ3n) is 5.84. The average molecular weight is 445 g/mol. The summed E-state index contributed by atoms with van der Waals surface area (Å²) < 4.78 is 0. The first-order valence-corrected chi connectivity index (χ1v) is 10.5. The van der Waals surface area contributed by atoms with Crippen LogP contribution in [0.5, 0.6) is 0 Å². The minimum Gasteiger partial charge on any atom is -0.325 e. The predicted octanol–water partition coefficient (Wildman–Crippen LogP) is 4.11. The summed E-state index contributed by atoms with van der Waals surface area (Å²) in [4.78, 5) is 53.1. The van der Waals surface area contributed by atoms with Crippen molar-refractivity contribution in [3.63, 3.8) is 0 Å². The second kappa shape index (κ2) is 7.73. The summed E-state index contributed by atoms with van der Waals surface area (Å²) in [6, 6.07) is 18.3. The SMILES string of the molecule is O=C1c2ccccc2C(=O)c2c(NC(=O)C3CC(=O)N(c4ccc(Cl)cc4)C3)cccc21. The first-order valence-electron chi connectivity index (χ1n) is 10.1. The average Bonchev–Trinajstić information content (AvgIpc) is 3.19. The number of fused-ring (bicyclic) bond motifs is 2. The largest absolute Gasteiger partial charge is 0.325 e. The van der Waals surface area contributed by atoms with Gasteiger partial charge in [0.1, 0.15) is 0 Å². The Kier molecular flexibility index (Phi) is 4.87. The van der Waals surface area contributed by atoms with Gasteiger partial charge in [0.25, 0.3) is 0 Å². The van der Waals surface area contributed by atoms with Crippen LogP contribution in [0.4, 0.5) is 11.4 Å². The highest BCUT2D eigenvalue weighted by atomic mass is 35.5. The Morgan fingerprint density at radius 2 is 1.50 bits per heavy atom. The Hall–Kier alpha value is -3.77. The zero-order chi connectivity index (χ0) is 22.4. The van der Waals surface area contributed by atoms with Crippen molar-refractivity contribution in [2.75, 3.05) is 16.8 Å². The topological polar surface area (TPSA) is 83.5 Å². The van der Waals surface area contributed by atoms with Crippen LogP contribution in [-0.2, 0) is 9.59 Å². The molecule has 0 radical (unpaired) electrons. The number of anilines is 2. The number of amides is 2. The molecule has 3 aromatic carbocycles. The smallest absolute Gasteiger partial charge is 0.229 e. The molecule has 6 nitrogen and oxygen atoms in total. The van der Waals surface area contributed by atoms with E-state index in [1.807, 2.05) is 0 Å². The number of hydrogen-bond acceptors (Lipinski definition) is 4. The maximum Gasteiger partial charge on any atom is 0.229 e. The van der Waals surface area contributed by atoms with Crippen molar-refractivity contribution in [1.29, 1.82) is 0 Å². The summed E-state index contributed by atoms with van der Waals surface area (Å²) in [5.41, 5.74) is 2.06. The highest BCUT2D eigenvalue weighted by Crippen LogP contribution is 2.33. The second-order valence-corrected chi connectivity index (χ2v) is 8.24. The van der Waals surface area contributed by atoms with Crippen molar-refractivity contribution in [1.82, 2.24) is 0 Å². The van der Waals surface area contributed by atoms with Gasteiger partial charge in [0.05, 0.1) is 17.2 Å². The Bertz CT molecular complexity index is 1300. The molecule has 2 aliphatic rings. The molecule has 1 aliphatic carbocycles. The number of nitrogens with one attached hydrogen (secondary N) is 1. The van der Waals surface area contributed by atoms with E-state index in [2.05, 4.69) is 5.32 Å². The molecule has 1 N–H and O–H groups in total. The van der Waals surface area contributed by atoms with E-state index in [0.717, 1.165) is 0 Å². The molecule has 0 spiro atoms. The van der Waals surface area contributed by atoms with Gasteiger partial charge in [-0.25, -0.2) is 0 Å². The molecule has 1 saturated heterocycles. The molecular formula is C25H17ClN2O4. The van der Waals surface area contributed by atoms with Crippen molar-refractivity contribution >= 4 is 46.4 Å². The molecule has 0 bridgehead atoms. The lowest BCUT2D eigenvalue weighted by Crippen LogP contribution is -2.29. The van der Waals surface area contributed by atoms with E-state index in [0.29, 0.717) is 21.8 Å². The number of ketones is 2. The fourth-order valence-electron chi connectivity index (χ4n) is 4.24. The van der Waals surface area contributed by atoms with Gasteiger partial charge in [-0.2, -0.15) is 0 Å². The molecule has 3 aromatic rings. The number of nitrogens with zero attached hydrogens (tertiary/aromatic N) is 1. The molecule has 158 valence electrons. The van der Waals surface area contributed by atoms with E-state index in [9.17, 15) is 19.2 Å². The molecule has 2 amide bonds. The number of carbonyl (C=O) groups is 4. The highest BCUT2D eigenvalue weighted by Gasteiger charge is 2.37. The molecule has 0 aromatic heterocycles. The van der Waals surface area contributed by atoms with Crippen molar-refractivity contribution in [3.8, 4) is 0 Å². The van der Waals surface area contributed by atoms with Gasteiger partial charge in [0, 0.05) is 40.4 Å². The van der Waals surface area contributed by atoms with Crippen molar-refractivity contribution in [2.45, 2.75) is 6.42 Å². The van der Waals surface area contributed by atoms with Crippen molar-refractivity contribution < 1.29 is 19.2 Å². The third kappa shape index (κ3) is 3.29. The first kappa shape index (κ1) is 20.2. The monoisotopic (exact) mass is 444 g/mol. The minimum atomic E-state index is -0.587. The minimum absolute atomic E-state index is 0.0548. The van der Waals surface area contributed by atoms with Crippen LogP contribution >= 0.6 is 11.6 Å². The van der Waals surface area contributed by atoms with Gasteiger partial charge in [-0.3, -0.25) is 19.2 Å². The number of carbonyl (C=O) groups excluding carboxylic acids is 4. The zero-order valence-electron chi connectivity index (χ0n) is 16.8. The van der Waals surface area contributed by atoms with Gasteiger partial charge in [-0.05, 0) is 30.3 Å². The molecule has 1 fully saturated rings. The normalized spacial score (nSPS) is 17.2. The first-order chi connectivity index (χ1) is 15.4. The number of benzene rings is 3. The van der Waals surface area contributed by atoms with Crippen LogP contribution in [0.2, 0.25) is 5.02 Å². The van der Waals surface area contributed by atoms with Gasteiger partial charge in [0.15, 0.2) is 11.6 Å². The van der Waals surface area contributed by atoms with Crippen LogP contribution in [0, 0.1) is 5.92 Å². The molecule has 5 rings (SSSR count). The van der Waals surface area contributed by atoms with Gasteiger partial charge < -0.3 is 10.2 Å². The standard InChI is InChI=1S/C25H17ClN2O4/c26-15-8-10-16(11-9-15)28-13-14(12-21(28)29)25(32)27-20-7-3-6-19-22(20)24(31)18-5-2-1-4-17(18)23(19)30/h1-11,14H,12-13H2,(H,27,32). The van der Waals surface area contributed by atoms with Crippen molar-refractivity contribution in [2.24, 2.45) is 5.92 Å². The maximum atomic E-state index is 13.1. The summed E-state index contributed by atoms with van der Waals surface area (Å²) >= 11 is 5.92. The number of halogens is 1. The lowest BCUT2D eigenvalue weighted by Gasteiger charge is -2.21. The third-order valence-corrected chi connectivity index (χ3v) is 6.10. The summed E-state index contributed by atoms with van der Waals surface area (Å²) in [5, 5.41) is 3.34. The molecule has 0 saturated carbocycles. The molecule has 1 atom stereocenters. The molecule has 1 aliphatic heterocycles. The lowest BCUT2D eigenvalue weighted by molar-refractivity contribution is -0.122. The summed E-state index contributed by atoms with van der Waals surface area (Å²) in [7, 11) is 0. The van der Waals surface area contributed by atoms with Crippen molar-refractivity contribution in [3.05, 3.63) is 94.0 Å². The lowest BCUT2D eigenvalue weighted by atomic mass is 9.83. The van der Waals surface area contributed by atoms with E-state index < -0.39 is 5.92 Å². The van der Waals surface area contributed by atoms with Crippen LogP contribution in [-0.4, -0.2) is 29.9 Å². The van der Waals surface area contributed by atoms with Crippen LogP contribution in [0.15, 0.2) is 66.7 Å². The Balaban J connectivity index is 1.40. The van der Waals surface area contributed by atoms with Gasteiger partial charge in [-0.15, -0.1) is 0 Å². The quantitative estimate of drug-likeness (QED) is 0.515. The van der Waals surface area contributed by atoms with Gasteiger partial charge in [0.2, 0.25) is 11.8 Å². The number of hydrogen-bond donors (Lipinski definition) is 1. The maximum absolute atomic E-state index is 13.1. The van der Waals surface area contributed by atoms with E-state index in [1.165, 1.54) is 0 Å². The summed E-state index contributed by atoms with van der Waals surface area (Å²) in [5.74, 6) is -1.69. The Morgan fingerprint density at radius 3 is 2.22 bits per heavy atom. The van der Waals surface area contributed by atoms with E-state index >= 15 is 0 Å². The molecule has 1 unspecified atom stereocenters. The van der Waals surface area contributed by atoms with E-state index in [1.54, 1.807) is 71.6 Å². The Morgan fingerprint density at radius 1 is 0.844 bits per heavy atom. The van der Waals surface area contributed by atoms with E-state index in [-0.39, 0.29) is 53.2 Å². The fourth-order valence-corrected chi connectivity index (χ4v) is 4.36. The van der Waals surface area contributed by atoms with Crippen LogP contribution in [0.25, 0.3) is 0 Å². The molecule has 7 heteroatoms. The van der Waals surface area contributed by atoms with Gasteiger partial charge >= 0.3 is 0 Å². The summed E-state index contributed by atoms with van der Waals surface area (Å²) in [6.45, 7) is 0.219. The van der Waals surface area contributed by atoms with E-state index in [4.69, 9.17) is 11.6 Å². The zero-order valence-corrected chi connectivity index (χ0v) is 17.6. The van der Waals surface area contributed by atoms with Crippen LogP contribution in [0.3, 0.4) is 0 Å². The predicted molar refractivity (Wildman–Crippen MR) is 120 cm³/mol.